The van der Waals surface area contributed by atoms with Crippen LogP contribution >= 0.6 is 11.8 Å². The van der Waals surface area contributed by atoms with Gasteiger partial charge in [-0.1, -0.05) is 11.8 Å². The van der Waals surface area contributed by atoms with E-state index < -0.39 is 0 Å². The van der Waals surface area contributed by atoms with Crippen molar-refractivity contribution in [2.75, 3.05) is 26.6 Å². The Bertz CT molecular complexity index is 819. The highest BCUT2D eigenvalue weighted by atomic mass is 32.2. The molecule has 0 saturated heterocycles. The summed E-state index contributed by atoms with van der Waals surface area (Å²) in [7, 11) is 3.25. The summed E-state index contributed by atoms with van der Waals surface area (Å²) in [5, 5.41) is 5.21. The third kappa shape index (κ3) is 4.29. The highest BCUT2D eigenvalue weighted by molar-refractivity contribution is 8.14. The van der Waals surface area contributed by atoms with Gasteiger partial charge in [-0.25, -0.2) is 4.99 Å². The first kappa shape index (κ1) is 18.1. The zero-order valence-electron chi connectivity index (χ0n) is 15.0. The second-order valence-electron chi connectivity index (χ2n) is 5.37. The van der Waals surface area contributed by atoms with Gasteiger partial charge in [0, 0.05) is 11.3 Å². The number of ether oxygens (including phenoxy) is 3. The molecular weight excluding hydrogens is 350 g/mol. The van der Waals surface area contributed by atoms with E-state index in [4.69, 9.17) is 14.2 Å². The number of nitrogens with one attached hydrogen (secondary N) is 1. The van der Waals surface area contributed by atoms with E-state index >= 15 is 0 Å². The van der Waals surface area contributed by atoms with Gasteiger partial charge >= 0.3 is 0 Å². The SMILES string of the molecule is CCOc1ccc(N=C2NN=C(c3ccc(OC)c(OC)c3)CS2)cc1. The molecule has 2 aromatic carbocycles. The van der Waals surface area contributed by atoms with Crippen LogP contribution in [0.4, 0.5) is 5.69 Å². The predicted molar refractivity (Wildman–Crippen MR) is 106 cm³/mol. The van der Waals surface area contributed by atoms with Gasteiger partial charge in [-0.05, 0) is 49.4 Å². The molecule has 7 heteroatoms. The van der Waals surface area contributed by atoms with Crippen LogP contribution in [0.25, 0.3) is 0 Å². The lowest BCUT2D eigenvalue weighted by Gasteiger charge is -2.16. The molecule has 1 N–H and O–H groups in total. The van der Waals surface area contributed by atoms with Gasteiger partial charge in [0.1, 0.15) is 5.75 Å². The van der Waals surface area contributed by atoms with Gasteiger partial charge in [0.2, 0.25) is 0 Å². The minimum absolute atomic E-state index is 0.652. The Morgan fingerprint density at radius 3 is 2.46 bits per heavy atom. The Labute approximate surface area is 157 Å². The molecule has 26 heavy (non-hydrogen) atoms. The number of hydrogen-bond donors (Lipinski definition) is 1. The van der Waals surface area contributed by atoms with Gasteiger partial charge < -0.3 is 14.2 Å². The van der Waals surface area contributed by atoms with E-state index in [9.17, 15) is 0 Å². The molecule has 0 spiro atoms. The molecule has 0 amide bonds. The Hall–Kier alpha value is -2.67. The van der Waals surface area contributed by atoms with Crippen molar-refractivity contribution in [3.63, 3.8) is 0 Å². The smallest absolute Gasteiger partial charge is 0.182 e. The Morgan fingerprint density at radius 2 is 1.85 bits per heavy atom. The molecule has 136 valence electrons. The van der Waals surface area contributed by atoms with E-state index in [0.717, 1.165) is 33.6 Å². The van der Waals surface area contributed by atoms with Crippen LogP contribution in [-0.2, 0) is 0 Å². The molecule has 0 fully saturated rings. The fraction of sp³-hybridized carbons (Fsp3) is 0.263. The molecule has 1 heterocycles. The second-order valence-corrected chi connectivity index (χ2v) is 6.34. The summed E-state index contributed by atoms with van der Waals surface area (Å²) in [5.41, 5.74) is 5.80. The molecule has 0 bridgehead atoms. The number of amidine groups is 1. The maximum absolute atomic E-state index is 5.44. The van der Waals surface area contributed by atoms with Crippen LogP contribution in [0.5, 0.6) is 17.2 Å². The first-order valence-electron chi connectivity index (χ1n) is 8.22. The van der Waals surface area contributed by atoms with Crippen LogP contribution in [0.3, 0.4) is 0 Å². The van der Waals surface area contributed by atoms with Crippen molar-refractivity contribution in [1.29, 1.82) is 0 Å². The number of nitrogens with zero attached hydrogens (tertiary/aromatic N) is 2. The summed E-state index contributed by atoms with van der Waals surface area (Å²) in [6, 6.07) is 13.4. The lowest BCUT2D eigenvalue weighted by molar-refractivity contribution is 0.340. The Morgan fingerprint density at radius 1 is 1.08 bits per heavy atom. The zero-order chi connectivity index (χ0) is 18.4. The molecular formula is C19H21N3O3S. The van der Waals surface area contributed by atoms with Crippen molar-refractivity contribution in [3.05, 3.63) is 48.0 Å². The van der Waals surface area contributed by atoms with Gasteiger partial charge in [0.25, 0.3) is 0 Å². The van der Waals surface area contributed by atoms with E-state index in [1.165, 1.54) is 0 Å². The molecule has 0 atom stereocenters. The quantitative estimate of drug-likeness (QED) is 0.836. The van der Waals surface area contributed by atoms with Crippen LogP contribution in [0.2, 0.25) is 0 Å². The topological polar surface area (TPSA) is 64.4 Å². The summed E-state index contributed by atoms with van der Waals surface area (Å²) < 4.78 is 16.1. The minimum atomic E-state index is 0.652. The average molecular weight is 371 g/mol. The summed E-state index contributed by atoms with van der Waals surface area (Å²) in [4.78, 5) is 4.57. The Balaban J connectivity index is 1.71. The molecule has 1 aliphatic rings. The fourth-order valence-electron chi connectivity index (χ4n) is 2.44. The molecule has 6 nitrogen and oxygen atoms in total. The average Bonchev–Trinajstić information content (AvgIpc) is 2.70. The fourth-order valence-corrected chi connectivity index (χ4v) is 3.22. The number of hydrazone groups is 1. The first-order chi connectivity index (χ1) is 12.7. The monoisotopic (exact) mass is 371 g/mol. The van der Waals surface area contributed by atoms with Crippen molar-refractivity contribution in [2.24, 2.45) is 10.1 Å². The van der Waals surface area contributed by atoms with Crippen molar-refractivity contribution >= 4 is 28.3 Å². The van der Waals surface area contributed by atoms with Gasteiger partial charge in [-0.15, -0.1) is 0 Å². The number of benzene rings is 2. The number of aliphatic imine (C=N–C) groups is 1. The molecule has 1 aliphatic heterocycles. The maximum atomic E-state index is 5.44. The molecule has 0 saturated carbocycles. The van der Waals surface area contributed by atoms with Crippen LogP contribution < -0.4 is 19.6 Å². The van der Waals surface area contributed by atoms with E-state index in [-0.39, 0.29) is 0 Å². The highest BCUT2D eigenvalue weighted by Crippen LogP contribution is 2.29. The van der Waals surface area contributed by atoms with Crippen LogP contribution in [0.1, 0.15) is 12.5 Å². The zero-order valence-corrected chi connectivity index (χ0v) is 15.8. The molecule has 0 aromatic heterocycles. The number of thioether (sulfide) groups is 1. The summed E-state index contributed by atoms with van der Waals surface area (Å²) in [6.07, 6.45) is 0. The summed E-state index contributed by atoms with van der Waals surface area (Å²) in [6.45, 7) is 2.61. The molecule has 3 rings (SSSR count). The van der Waals surface area contributed by atoms with Gasteiger partial charge in [0.05, 0.1) is 32.2 Å². The van der Waals surface area contributed by atoms with Gasteiger partial charge in [-0.3, -0.25) is 5.43 Å². The largest absolute Gasteiger partial charge is 0.494 e. The number of methoxy groups -OCH3 is 2. The normalized spacial score (nSPS) is 15.2. The molecule has 0 radical (unpaired) electrons. The van der Waals surface area contributed by atoms with Gasteiger partial charge in [-0.2, -0.15) is 5.10 Å². The molecule has 0 unspecified atom stereocenters. The summed E-state index contributed by atoms with van der Waals surface area (Å²) >= 11 is 1.60. The minimum Gasteiger partial charge on any atom is -0.494 e. The van der Waals surface area contributed by atoms with E-state index in [1.54, 1.807) is 26.0 Å². The van der Waals surface area contributed by atoms with Crippen molar-refractivity contribution in [3.8, 4) is 17.2 Å². The van der Waals surface area contributed by atoms with Crippen LogP contribution in [-0.4, -0.2) is 37.5 Å². The first-order valence-corrected chi connectivity index (χ1v) is 9.21. The van der Waals surface area contributed by atoms with E-state index in [0.29, 0.717) is 18.1 Å². The molecule has 2 aromatic rings. The van der Waals surface area contributed by atoms with Crippen molar-refractivity contribution in [2.45, 2.75) is 6.92 Å². The van der Waals surface area contributed by atoms with Gasteiger partial charge in [0.15, 0.2) is 16.7 Å². The van der Waals surface area contributed by atoms with E-state index in [2.05, 4.69) is 15.5 Å². The Kier molecular flexibility index (Phi) is 6.01. The maximum Gasteiger partial charge on any atom is 0.182 e. The second kappa shape index (κ2) is 8.62. The van der Waals surface area contributed by atoms with Crippen molar-refractivity contribution < 1.29 is 14.2 Å². The molecule has 0 aliphatic carbocycles. The van der Waals surface area contributed by atoms with Crippen LogP contribution in [0, 0.1) is 0 Å². The third-order valence-corrected chi connectivity index (χ3v) is 4.60. The highest BCUT2D eigenvalue weighted by Gasteiger charge is 2.15. The lowest BCUT2D eigenvalue weighted by Crippen LogP contribution is -2.25. The standard InChI is InChI=1S/C19H21N3O3S/c1-4-25-15-8-6-14(7-9-15)20-19-22-21-16(12-26-19)13-5-10-17(23-2)18(11-13)24-3/h5-11H,4,12H2,1-3H3,(H,20,22). The number of rotatable bonds is 6. The summed E-state index contributed by atoms with van der Waals surface area (Å²) in [5.74, 6) is 2.95. The lowest BCUT2D eigenvalue weighted by atomic mass is 10.1. The van der Waals surface area contributed by atoms with E-state index in [1.807, 2.05) is 49.4 Å². The van der Waals surface area contributed by atoms with Crippen molar-refractivity contribution in [1.82, 2.24) is 5.43 Å². The third-order valence-electron chi connectivity index (χ3n) is 3.73. The predicted octanol–water partition coefficient (Wildman–Crippen LogP) is 3.83. The number of hydrogen-bond acceptors (Lipinski definition) is 6. The van der Waals surface area contributed by atoms with Crippen LogP contribution in [0.15, 0.2) is 52.6 Å².